The van der Waals surface area contributed by atoms with Gasteiger partial charge in [0.1, 0.15) is 0 Å². The summed E-state index contributed by atoms with van der Waals surface area (Å²) >= 11 is 7.59. The largest absolute Gasteiger partial charge is 0.375 e. The van der Waals surface area contributed by atoms with Crippen molar-refractivity contribution in [1.29, 1.82) is 0 Å². The van der Waals surface area contributed by atoms with Gasteiger partial charge in [-0.15, -0.1) is 0 Å². The van der Waals surface area contributed by atoms with Crippen molar-refractivity contribution in [3.8, 4) is 0 Å². The highest BCUT2D eigenvalue weighted by Crippen LogP contribution is 2.82. The minimum absolute atomic E-state index is 0.307. The molecule has 6 rings (SSSR count). The summed E-state index contributed by atoms with van der Waals surface area (Å²) in [6, 6.07) is 0. The molecule has 0 amide bonds. The van der Waals surface area contributed by atoms with Gasteiger partial charge in [-0.05, 0) is 54.1 Å². The lowest BCUT2D eigenvalue weighted by atomic mass is 9.71. The number of nitrogens with zero attached hydrogens (tertiary/aromatic N) is 1. The molecule has 0 aliphatic heterocycles. The van der Waals surface area contributed by atoms with Crippen molar-refractivity contribution in [3.05, 3.63) is 0 Å². The predicted molar refractivity (Wildman–Crippen MR) is 77.7 cm³/mol. The van der Waals surface area contributed by atoms with E-state index in [0.717, 1.165) is 51.3 Å². The second-order valence-electron chi connectivity index (χ2n) is 6.38. The van der Waals surface area contributed by atoms with Gasteiger partial charge in [-0.1, -0.05) is 22.6 Å². The van der Waals surface area contributed by atoms with Crippen molar-refractivity contribution in [1.82, 2.24) is 5.43 Å². The molecule has 0 radical (unpaired) electrons. The maximum Gasteiger partial charge on any atom is 0.184 e. The number of nitrogens with two attached hydrogens (primary N) is 1. The van der Waals surface area contributed by atoms with Crippen molar-refractivity contribution in [2.45, 2.75) is 10.3 Å². The molecular weight excluding hydrogens is 345 g/mol. The van der Waals surface area contributed by atoms with E-state index in [1.165, 1.54) is 12.1 Å². The quantitative estimate of drug-likeness (QED) is 0.322. The molecule has 17 heavy (non-hydrogen) atoms. The van der Waals surface area contributed by atoms with Gasteiger partial charge >= 0.3 is 0 Å². The summed E-state index contributed by atoms with van der Waals surface area (Å²) in [4.78, 5) is 0. The van der Waals surface area contributed by atoms with E-state index >= 15 is 0 Å². The Hall–Kier alpha value is 0.0900. The van der Waals surface area contributed by atoms with E-state index in [4.69, 9.17) is 18.0 Å². The van der Waals surface area contributed by atoms with E-state index in [-0.39, 0.29) is 0 Å². The van der Waals surface area contributed by atoms with Gasteiger partial charge in [0.25, 0.3) is 0 Å². The van der Waals surface area contributed by atoms with Crippen molar-refractivity contribution in [3.63, 3.8) is 0 Å². The number of hydrogen-bond donors (Lipinski definition) is 2. The molecule has 90 valence electrons. The molecule has 6 saturated carbocycles. The molecule has 6 bridgehead atoms. The third-order valence-corrected chi connectivity index (χ3v) is 8.09. The van der Waals surface area contributed by atoms with Crippen LogP contribution in [-0.4, -0.2) is 14.7 Å². The number of nitrogens with one attached hydrogen (secondary N) is 1. The minimum atomic E-state index is 0.307. The van der Waals surface area contributed by atoms with Crippen LogP contribution >= 0.6 is 34.8 Å². The molecule has 5 heteroatoms. The zero-order valence-corrected chi connectivity index (χ0v) is 12.2. The van der Waals surface area contributed by atoms with Gasteiger partial charge in [-0.2, -0.15) is 5.10 Å². The van der Waals surface area contributed by atoms with Crippen LogP contribution in [0.4, 0.5) is 0 Å². The van der Waals surface area contributed by atoms with Crippen LogP contribution in [0.2, 0.25) is 0 Å². The first-order chi connectivity index (χ1) is 8.20. The summed E-state index contributed by atoms with van der Waals surface area (Å²) in [6.07, 6.45) is 1.49. The van der Waals surface area contributed by atoms with Crippen LogP contribution in [0.3, 0.4) is 0 Å². The van der Waals surface area contributed by atoms with Crippen molar-refractivity contribution in [2.24, 2.45) is 58.2 Å². The fourth-order valence-corrected chi connectivity index (χ4v) is 8.48. The van der Waals surface area contributed by atoms with Gasteiger partial charge < -0.3 is 5.73 Å². The van der Waals surface area contributed by atoms with Crippen LogP contribution in [-0.2, 0) is 0 Å². The van der Waals surface area contributed by atoms with Gasteiger partial charge in [0, 0.05) is 21.5 Å². The Morgan fingerprint density at radius 3 is 2.71 bits per heavy atom. The minimum Gasteiger partial charge on any atom is -0.375 e. The summed E-state index contributed by atoms with van der Waals surface area (Å²) in [5.74, 6) is 7.46. The average Bonchev–Trinajstić information content (AvgIpc) is 2.97. The van der Waals surface area contributed by atoms with E-state index in [0.29, 0.717) is 5.11 Å². The second-order valence-corrected chi connectivity index (χ2v) is 8.26. The highest BCUT2D eigenvalue weighted by Gasteiger charge is 2.82. The molecule has 0 aromatic carbocycles. The first kappa shape index (κ1) is 9.95. The summed E-state index contributed by atoms with van der Waals surface area (Å²) in [6.45, 7) is 0. The Kier molecular flexibility index (Phi) is 1.65. The SMILES string of the molecule is NC(=S)NN=C1[C@H]2[C@@H]3C[C@@H]4[C@@H]5[C@@H](I)[C@H]([C@H]1[C@H]35)[C@@H]42. The molecule has 0 spiro atoms. The molecule has 0 aromatic rings. The summed E-state index contributed by atoms with van der Waals surface area (Å²) in [7, 11) is 0. The normalized spacial score (nSPS) is 65.7. The summed E-state index contributed by atoms with van der Waals surface area (Å²) < 4.78 is 0.921. The number of hydrogen-bond acceptors (Lipinski definition) is 2. The van der Waals surface area contributed by atoms with Crippen molar-refractivity contribution in [2.75, 3.05) is 0 Å². The first-order valence-electron chi connectivity index (χ1n) is 6.47. The molecule has 6 aliphatic rings. The Labute approximate surface area is 119 Å². The molecular formula is C12H14IN3S. The number of thiocarbonyl (C=S) groups is 1. The highest BCUT2D eigenvalue weighted by atomic mass is 127. The second kappa shape index (κ2) is 2.81. The van der Waals surface area contributed by atoms with Gasteiger partial charge in [-0.3, -0.25) is 5.43 Å². The maximum absolute atomic E-state index is 5.50. The van der Waals surface area contributed by atoms with Crippen LogP contribution in [0.1, 0.15) is 6.42 Å². The third kappa shape index (κ3) is 0.856. The summed E-state index contributed by atoms with van der Waals surface area (Å²) in [5.41, 5.74) is 9.78. The van der Waals surface area contributed by atoms with Crippen molar-refractivity contribution < 1.29 is 0 Å². The van der Waals surface area contributed by atoms with Crippen LogP contribution in [0.5, 0.6) is 0 Å². The predicted octanol–water partition coefficient (Wildman–Crippen LogP) is 1.37. The maximum atomic E-state index is 5.50. The van der Waals surface area contributed by atoms with Crippen LogP contribution in [0, 0.1) is 47.3 Å². The third-order valence-electron chi connectivity index (χ3n) is 6.34. The zero-order valence-electron chi connectivity index (χ0n) is 9.21. The Morgan fingerprint density at radius 2 is 2.00 bits per heavy atom. The highest BCUT2D eigenvalue weighted by molar-refractivity contribution is 14.1. The molecule has 0 aromatic heterocycles. The number of hydrazone groups is 1. The van der Waals surface area contributed by atoms with E-state index < -0.39 is 0 Å². The van der Waals surface area contributed by atoms with Crippen LogP contribution in [0.25, 0.3) is 0 Å². The van der Waals surface area contributed by atoms with Gasteiger partial charge in [0.15, 0.2) is 5.11 Å². The van der Waals surface area contributed by atoms with Gasteiger partial charge in [0.05, 0.1) is 0 Å². The number of alkyl halides is 1. The molecule has 0 saturated heterocycles. The van der Waals surface area contributed by atoms with E-state index in [9.17, 15) is 0 Å². The fraction of sp³-hybridized carbons (Fsp3) is 0.833. The average molecular weight is 359 g/mol. The Morgan fingerprint density at radius 1 is 1.24 bits per heavy atom. The lowest BCUT2D eigenvalue weighted by molar-refractivity contribution is 0.132. The fourth-order valence-electron chi connectivity index (χ4n) is 6.49. The Bertz CT molecular complexity index is 476. The van der Waals surface area contributed by atoms with E-state index in [2.05, 4.69) is 33.1 Å². The molecule has 9 atom stereocenters. The number of rotatable bonds is 1. The molecule has 3 N–H and O–H groups in total. The first-order valence-corrected chi connectivity index (χ1v) is 8.12. The molecule has 6 fully saturated rings. The molecule has 0 unspecified atom stereocenters. The van der Waals surface area contributed by atoms with Gasteiger partial charge in [0.2, 0.25) is 0 Å². The smallest absolute Gasteiger partial charge is 0.184 e. The van der Waals surface area contributed by atoms with E-state index in [1.54, 1.807) is 0 Å². The topological polar surface area (TPSA) is 50.4 Å². The summed E-state index contributed by atoms with van der Waals surface area (Å²) in [5, 5.41) is 4.88. The van der Waals surface area contributed by atoms with Crippen molar-refractivity contribution >= 4 is 45.6 Å². The zero-order chi connectivity index (χ0) is 11.5. The lowest BCUT2D eigenvalue weighted by Gasteiger charge is -2.32. The standard InChI is InChI=1S/C12H14IN3S/c13-10-6-2-1-3-4(6)9-8(10)5(2)7(3)11(9)15-16-12(14)17/h2-10H,1H2,(H3,14,16,17)/t2-,3+,4+,5-,6-,7-,8-,9+,10+/m0/s1. The number of halogens is 1. The monoisotopic (exact) mass is 359 g/mol. The molecule has 6 aliphatic carbocycles. The Balaban J connectivity index is 1.62. The van der Waals surface area contributed by atoms with Gasteiger partial charge in [-0.25, -0.2) is 0 Å². The van der Waals surface area contributed by atoms with Crippen LogP contribution < -0.4 is 11.2 Å². The lowest BCUT2D eigenvalue weighted by Crippen LogP contribution is -2.30. The molecule has 3 nitrogen and oxygen atoms in total. The van der Waals surface area contributed by atoms with Crippen LogP contribution in [0.15, 0.2) is 5.10 Å². The molecule has 0 heterocycles. The van der Waals surface area contributed by atoms with E-state index in [1.807, 2.05) is 0 Å².